The number of para-hydroxylation sites is 2. The molecule has 0 radical (unpaired) electrons. The van der Waals surface area contributed by atoms with Crippen molar-refractivity contribution in [2.45, 2.75) is 13.3 Å². The van der Waals surface area contributed by atoms with Gasteiger partial charge in [0.1, 0.15) is 0 Å². The van der Waals surface area contributed by atoms with E-state index in [1.165, 1.54) is 0 Å². The molecule has 2 aromatic carbocycles. The summed E-state index contributed by atoms with van der Waals surface area (Å²) in [5, 5.41) is 5.41. The van der Waals surface area contributed by atoms with Gasteiger partial charge in [0, 0.05) is 5.69 Å². The molecule has 21 heavy (non-hydrogen) atoms. The van der Waals surface area contributed by atoms with Gasteiger partial charge in [0.05, 0.1) is 11.3 Å². The van der Waals surface area contributed by atoms with Crippen LogP contribution in [0.3, 0.4) is 0 Å². The van der Waals surface area contributed by atoms with E-state index < -0.39 is 11.9 Å². The minimum atomic E-state index is -0.583. The van der Waals surface area contributed by atoms with Gasteiger partial charge in [-0.2, -0.15) is 0 Å². The number of aryl methyl sites for hydroxylation is 1. The first kappa shape index (κ1) is 14.6. The van der Waals surface area contributed by atoms with Gasteiger partial charge in [0.25, 0.3) is 5.91 Å². The minimum absolute atomic E-state index is 0.274. The summed E-state index contributed by atoms with van der Waals surface area (Å²) in [5.41, 5.74) is 7.72. The van der Waals surface area contributed by atoms with E-state index in [1.54, 1.807) is 24.3 Å². The molecule has 0 aliphatic carbocycles. The summed E-state index contributed by atoms with van der Waals surface area (Å²) in [7, 11) is 0. The first-order valence-corrected chi connectivity index (χ1v) is 6.66. The number of urea groups is 1. The third-order valence-electron chi connectivity index (χ3n) is 3.09. The second-order valence-electron chi connectivity index (χ2n) is 4.50. The predicted molar refractivity (Wildman–Crippen MR) is 83.4 cm³/mol. The third kappa shape index (κ3) is 3.60. The van der Waals surface area contributed by atoms with Crippen LogP contribution in [0.4, 0.5) is 16.2 Å². The van der Waals surface area contributed by atoms with Crippen molar-refractivity contribution in [1.82, 2.24) is 0 Å². The molecule has 2 rings (SSSR count). The fraction of sp³-hybridized carbons (Fsp3) is 0.125. The Kier molecular flexibility index (Phi) is 4.56. The Morgan fingerprint density at radius 1 is 0.952 bits per heavy atom. The Bertz CT molecular complexity index is 668. The predicted octanol–water partition coefficient (Wildman–Crippen LogP) is 2.99. The van der Waals surface area contributed by atoms with E-state index in [2.05, 4.69) is 10.6 Å². The molecule has 0 unspecified atom stereocenters. The molecule has 108 valence electrons. The van der Waals surface area contributed by atoms with Gasteiger partial charge in [-0.1, -0.05) is 37.3 Å². The fourth-order valence-corrected chi connectivity index (χ4v) is 2.03. The lowest BCUT2D eigenvalue weighted by Crippen LogP contribution is -2.23. The number of nitrogens with one attached hydrogen (secondary N) is 2. The van der Waals surface area contributed by atoms with Crippen molar-refractivity contribution in [3.8, 4) is 0 Å². The Labute approximate surface area is 123 Å². The smallest absolute Gasteiger partial charge is 0.323 e. The molecule has 0 bridgehead atoms. The molecule has 0 saturated carbocycles. The van der Waals surface area contributed by atoms with Crippen LogP contribution >= 0.6 is 0 Å². The largest absolute Gasteiger partial charge is 0.366 e. The average molecular weight is 283 g/mol. The Balaban J connectivity index is 2.14. The second-order valence-corrected chi connectivity index (χ2v) is 4.50. The molecule has 0 fully saturated rings. The summed E-state index contributed by atoms with van der Waals surface area (Å²) in [6, 6.07) is 13.8. The van der Waals surface area contributed by atoms with Crippen molar-refractivity contribution >= 4 is 23.3 Å². The third-order valence-corrected chi connectivity index (χ3v) is 3.09. The molecule has 0 saturated heterocycles. The fourth-order valence-electron chi connectivity index (χ4n) is 2.03. The van der Waals surface area contributed by atoms with Gasteiger partial charge in [0.2, 0.25) is 0 Å². The average Bonchev–Trinajstić information content (AvgIpc) is 2.48. The molecule has 0 atom stereocenters. The van der Waals surface area contributed by atoms with Crippen LogP contribution < -0.4 is 16.4 Å². The molecule has 3 amide bonds. The maximum Gasteiger partial charge on any atom is 0.323 e. The second kappa shape index (κ2) is 6.56. The zero-order valence-corrected chi connectivity index (χ0v) is 11.7. The van der Waals surface area contributed by atoms with Crippen LogP contribution in [0.1, 0.15) is 22.8 Å². The van der Waals surface area contributed by atoms with Gasteiger partial charge in [-0.25, -0.2) is 4.79 Å². The summed E-state index contributed by atoms with van der Waals surface area (Å²) >= 11 is 0. The van der Waals surface area contributed by atoms with Gasteiger partial charge in [-0.05, 0) is 30.2 Å². The SMILES string of the molecule is CCc1ccccc1NC(=O)Nc1ccccc1C(N)=O. The molecule has 0 heterocycles. The van der Waals surface area contributed by atoms with E-state index in [-0.39, 0.29) is 5.56 Å². The van der Waals surface area contributed by atoms with Crippen molar-refractivity contribution in [3.05, 3.63) is 59.7 Å². The van der Waals surface area contributed by atoms with Crippen LogP contribution in [0.2, 0.25) is 0 Å². The molecule has 0 aromatic heterocycles. The number of hydrogen-bond donors (Lipinski definition) is 3. The van der Waals surface area contributed by atoms with Crippen LogP contribution in [0.15, 0.2) is 48.5 Å². The van der Waals surface area contributed by atoms with Crippen molar-refractivity contribution in [2.24, 2.45) is 5.73 Å². The van der Waals surface area contributed by atoms with Gasteiger partial charge in [0.15, 0.2) is 0 Å². The van der Waals surface area contributed by atoms with E-state index in [0.717, 1.165) is 17.7 Å². The summed E-state index contributed by atoms with van der Waals surface area (Å²) in [4.78, 5) is 23.4. The number of amides is 3. The molecule has 0 aliphatic heterocycles. The van der Waals surface area contributed by atoms with E-state index >= 15 is 0 Å². The van der Waals surface area contributed by atoms with Gasteiger partial charge in [-0.3, -0.25) is 4.79 Å². The molecule has 0 aliphatic rings. The number of rotatable bonds is 4. The van der Waals surface area contributed by atoms with E-state index in [4.69, 9.17) is 5.73 Å². The van der Waals surface area contributed by atoms with Crippen molar-refractivity contribution < 1.29 is 9.59 Å². The number of anilines is 2. The highest BCUT2D eigenvalue weighted by Gasteiger charge is 2.11. The highest BCUT2D eigenvalue weighted by molar-refractivity contribution is 6.06. The first-order chi connectivity index (χ1) is 10.1. The molecule has 0 spiro atoms. The van der Waals surface area contributed by atoms with Crippen LogP contribution in [-0.4, -0.2) is 11.9 Å². The Hall–Kier alpha value is -2.82. The van der Waals surface area contributed by atoms with Crippen LogP contribution in [-0.2, 0) is 6.42 Å². The monoisotopic (exact) mass is 283 g/mol. The molecule has 4 N–H and O–H groups in total. The molecular formula is C16H17N3O2. The number of carbonyl (C=O) groups excluding carboxylic acids is 2. The maximum absolute atomic E-state index is 12.1. The van der Waals surface area contributed by atoms with E-state index in [9.17, 15) is 9.59 Å². The van der Waals surface area contributed by atoms with Gasteiger partial charge >= 0.3 is 6.03 Å². The number of carbonyl (C=O) groups is 2. The minimum Gasteiger partial charge on any atom is -0.366 e. The Morgan fingerprint density at radius 2 is 1.52 bits per heavy atom. The van der Waals surface area contributed by atoms with Crippen molar-refractivity contribution in [1.29, 1.82) is 0 Å². The lowest BCUT2D eigenvalue weighted by atomic mass is 10.1. The highest BCUT2D eigenvalue weighted by Crippen LogP contribution is 2.17. The zero-order valence-electron chi connectivity index (χ0n) is 11.7. The molecule has 5 heteroatoms. The summed E-state index contributed by atoms with van der Waals surface area (Å²) in [5.74, 6) is -0.583. The lowest BCUT2D eigenvalue weighted by Gasteiger charge is -2.12. The molecule has 2 aromatic rings. The summed E-state index contributed by atoms with van der Waals surface area (Å²) in [6.45, 7) is 2.01. The van der Waals surface area contributed by atoms with E-state index in [1.807, 2.05) is 31.2 Å². The van der Waals surface area contributed by atoms with Gasteiger partial charge < -0.3 is 16.4 Å². The van der Waals surface area contributed by atoms with Crippen LogP contribution in [0, 0.1) is 0 Å². The molecular weight excluding hydrogens is 266 g/mol. The maximum atomic E-state index is 12.1. The number of hydrogen-bond acceptors (Lipinski definition) is 2. The van der Waals surface area contributed by atoms with Crippen LogP contribution in [0.25, 0.3) is 0 Å². The summed E-state index contributed by atoms with van der Waals surface area (Å²) < 4.78 is 0. The number of nitrogens with two attached hydrogens (primary N) is 1. The molecule has 5 nitrogen and oxygen atoms in total. The first-order valence-electron chi connectivity index (χ1n) is 6.66. The van der Waals surface area contributed by atoms with E-state index in [0.29, 0.717) is 5.69 Å². The van der Waals surface area contributed by atoms with Gasteiger partial charge in [-0.15, -0.1) is 0 Å². The lowest BCUT2D eigenvalue weighted by molar-refractivity contribution is 0.100. The number of benzene rings is 2. The number of primary amides is 1. The Morgan fingerprint density at radius 3 is 2.19 bits per heavy atom. The zero-order chi connectivity index (χ0) is 15.2. The highest BCUT2D eigenvalue weighted by atomic mass is 16.2. The topological polar surface area (TPSA) is 84.2 Å². The standard InChI is InChI=1S/C16H17N3O2/c1-2-11-7-3-5-9-13(11)18-16(21)19-14-10-6-4-8-12(14)15(17)20/h3-10H,2H2,1H3,(H2,17,20)(H2,18,19,21). The van der Waals surface area contributed by atoms with Crippen molar-refractivity contribution in [2.75, 3.05) is 10.6 Å². The quantitative estimate of drug-likeness (QED) is 0.805. The van der Waals surface area contributed by atoms with Crippen LogP contribution in [0.5, 0.6) is 0 Å². The normalized spacial score (nSPS) is 9.95. The van der Waals surface area contributed by atoms with Crippen molar-refractivity contribution in [3.63, 3.8) is 0 Å². The summed E-state index contributed by atoms with van der Waals surface area (Å²) in [6.07, 6.45) is 0.814.